The molecule has 26 heavy (non-hydrogen) atoms. The molecule has 2 heterocycles. The van der Waals surface area contributed by atoms with E-state index in [0.29, 0.717) is 0 Å². The van der Waals surface area contributed by atoms with Crippen molar-refractivity contribution in [1.82, 2.24) is 10.3 Å². The van der Waals surface area contributed by atoms with Gasteiger partial charge in [-0.1, -0.05) is 6.07 Å². The van der Waals surface area contributed by atoms with Crippen LogP contribution in [0.3, 0.4) is 0 Å². The van der Waals surface area contributed by atoms with Gasteiger partial charge in [0.1, 0.15) is 4.88 Å². The zero-order valence-corrected chi connectivity index (χ0v) is 14.4. The van der Waals surface area contributed by atoms with Gasteiger partial charge < -0.3 is 14.8 Å². The Morgan fingerprint density at radius 3 is 2.54 bits per heavy atom. The summed E-state index contributed by atoms with van der Waals surface area (Å²) in [5.74, 6) is -0.628. The summed E-state index contributed by atoms with van der Waals surface area (Å²) < 4.78 is 49.3. The second-order valence-corrected chi connectivity index (χ2v) is 5.92. The Bertz CT molecular complexity index is 794. The quantitative estimate of drug-likeness (QED) is 0.766. The van der Waals surface area contributed by atoms with E-state index in [4.69, 9.17) is 4.74 Å². The number of rotatable bonds is 5. The van der Waals surface area contributed by atoms with Crippen molar-refractivity contribution in [3.8, 4) is 5.88 Å². The van der Waals surface area contributed by atoms with Crippen molar-refractivity contribution in [3.05, 3.63) is 40.9 Å². The first kappa shape index (κ1) is 19.5. The van der Waals surface area contributed by atoms with Crippen molar-refractivity contribution in [3.63, 3.8) is 0 Å². The number of urea groups is 1. The number of hydrogen-bond acceptors (Lipinski definition) is 6. The van der Waals surface area contributed by atoms with Crippen LogP contribution in [0.25, 0.3) is 0 Å². The Hall–Kier alpha value is -2.82. The molecular formula is C15H14F3N3O4S. The zero-order chi connectivity index (χ0) is 19.3. The molecule has 1 atom stereocenters. The number of halogens is 3. The Morgan fingerprint density at radius 2 is 1.92 bits per heavy atom. The number of nitrogens with one attached hydrogen (secondary N) is 2. The number of thiophene rings is 1. The lowest BCUT2D eigenvalue weighted by Gasteiger charge is -2.21. The van der Waals surface area contributed by atoms with Crippen LogP contribution in [0.4, 0.5) is 23.0 Å². The number of esters is 1. The van der Waals surface area contributed by atoms with Gasteiger partial charge in [0.15, 0.2) is 6.04 Å². The Morgan fingerprint density at radius 1 is 1.19 bits per heavy atom. The minimum atomic E-state index is -4.77. The number of nitrogens with zero attached hydrogens (tertiary/aromatic N) is 1. The molecule has 0 radical (unpaired) electrons. The molecular weight excluding hydrogens is 375 g/mol. The first-order valence-corrected chi connectivity index (χ1v) is 7.89. The van der Waals surface area contributed by atoms with Gasteiger partial charge in [-0.25, -0.2) is 14.6 Å². The van der Waals surface area contributed by atoms with Gasteiger partial charge in [-0.15, -0.1) is 11.3 Å². The van der Waals surface area contributed by atoms with Crippen molar-refractivity contribution in [2.24, 2.45) is 0 Å². The molecule has 7 nitrogen and oxygen atoms in total. The molecule has 2 aromatic rings. The number of pyridine rings is 1. The molecule has 0 aromatic carbocycles. The third-order valence-electron chi connectivity index (χ3n) is 3.08. The number of anilines is 1. The summed E-state index contributed by atoms with van der Waals surface area (Å²) in [7, 11) is 2.46. The van der Waals surface area contributed by atoms with Gasteiger partial charge in [0.25, 0.3) is 0 Å². The summed E-state index contributed by atoms with van der Waals surface area (Å²) in [4.78, 5) is 27.2. The number of carbonyl (C=O) groups is 2. The fraction of sp³-hybridized carbons (Fsp3) is 0.267. The van der Waals surface area contributed by atoms with Gasteiger partial charge in [0.2, 0.25) is 5.88 Å². The second-order valence-electron chi connectivity index (χ2n) is 4.83. The van der Waals surface area contributed by atoms with E-state index >= 15 is 0 Å². The lowest BCUT2D eigenvalue weighted by Crippen LogP contribution is -2.40. The molecule has 0 saturated carbocycles. The predicted molar refractivity (Wildman–Crippen MR) is 87.4 cm³/mol. The summed E-state index contributed by atoms with van der Waals surface area (Å²) in [6.07, 6.45) is -4.77. The zero-order valence-electron chi connectivity index (χ0n) is 13.6. The molecule has 2 amide bonds. The standard InChI is InChI=1S/C15H14F3N3O4S/c1-24-10-5-3-4-8(19-10)12(15(16,17)18)21-14(23)20-11-7-6-9(26-11)13(22)25-2/h3-7,12H,1-2H3,(H2,20,21,23). The molecule has 0 aliphatic carbocycles. The minimum Gasteiger partial charge on any atom is -0.481 e. The monoisotopic (exact) mass is 389 g/mol. The summed E-state index contributed by atoms with van der Waals surface area (Å²) >= 11 is 0.867. The van der Waals surface area contributed by atoms with Gasteiger partial charge >= 0.3 is 18.2 Å². The molecule has 0 aliphatic rings. The lowest BCUT2D eigenvalue weighted by molar-refractivity contribution is -0.155. The maximum atomic E-state index is 13.3. The highest BCUT2D eigenvalue weighted by Crippen LogP contribution is 2.32. The molecule has 0 aliphatic heterocycles. The molecule has 11 heteroatoms. The molecule has 0 fully saturated rings. The molecule has 140 valence electrons. The smallest absolute Gasteiger partial charge is 0.414 e. The van der Waals surface area contributed by atoms with E-state index in [2.05, 4.69) is 15.0 Å². The molecule has 1 unspecified atom stereocenters. The van der Waals surface area contributed by atoms with Crippen LogP contribution < -0.4 is 15.4 Å². The Kier molecular flexibility index (Phi) is 6.03. The van der Waals surface area contributed by atoms with Crippen LogP contribution >= 0.6 is 11.3 Å². The van der Waals surface area contributed by atoms with E-state index in [1.807, 2.05) is 5.32 Å². The Balaban J connectivity index is 2.14. The highest BCUT2D eigenvalue weighted by Gasteiger charge is 2.43. The summed E-state index contributed by atoms with van der Waals surface area (Å²) in [6, 6.07) is 3.17. The van der Waals surface area contributed by atoms with Crippen LogP contribution in [0, 0.1) is 0 Å². The Labute approximate surface area is 150 Å². The van der Waals surface area contributed by atoms with Crippen molar-refractivity contribution in [2.75, 3.05) is 19.5 Å². The van der Waals surface area contributed by atoms with Crippen LogP contribution in [0.2, 0.25) is 0 Å². The van der Waals surface area contributed by atoms with Crippen molar-refractivity contribution in [1.29, 1.82) is 0 Å². The summed E-state index contributed by atoms with van der Waals surface area (Å²) in [5.41, 5.74) is -0.423. The van der Waals surface area contributed by atoms with Crippen LogP contribution in [0.1, 0.15) is 21.4 Å². The van der Waals surface area contributed by atoms with Crippen molar-refractivity contribution >= 4 is 28.3 Å². The third kappa shape index (κ3) is 4.85. The van der Waals surface area contributed by atoms with Gasteiger partial charge in [0, 0.05) is 6.07 Å². The van der Waals surface area contributed by atoms with Crippen LogP contribution in [0.5, 0.6) is 5.88 Å². The second kappa shape index (κ2) is 8.04. The fourth-order valence-corrected chi connectivity index (χ4v) is 2.74. The normalized spacial score (nSPS) is 12.2. The van der Waals surface area contributed by atoms with Gasteiger partial charge in [-0.2, -0.15) is 13.2 Å². The summed E-state index contributed by atoms with van der Waals surface area (Å²) in [5, 5.41) is 4.25. The van der Waals surface area contributed by atoms with E-state index in [1.165, 1.54) is 38.5 Å². The lowest BCUT2D eigenvalue weighted by atomic mass is 10.2. The fourth-order valence-electron chi connectivity index (χ4n) is 1.92. The number of methoxy groups -OCH3 is 2. The van der Waals surface area contributed by atoms with E-state index in [9.17, 15) is 22.8 Å². The van der Waals surface area contributed by atoms with Crippen LogP contribution in [0.15, 0.2) is 30.3 Å². The molecule has 2 aromatic heterocycles. The topological polar surface area (TPSA) is 89.5 Å². The van der Waals surface area contributed by atoms with E-state index < -0.39 is 29.9 Å². The van der Waals surface area contributed by atoms with E-state index in [1.54, 1.807) is 0 Å². The molecule has 0 saturated heterocycles. The first-order chi connectivity index (χ1) is 12.2. The molecule has 0 spiro atoms. The number of alkyl halides is 3. The predicted octanol–water partition coefficient (Wildman–Crippen LogP) is 3.36. The largest absolute Gasteiger partial charge is 0.481 e. The highest BCUT2D eigenvalue weighted by molar-refractivity contribution is 7.18. The van der Waals surface area contributed by atoms with Crippen molar-refractivity contribution in [2.45, 2.75) is 12.2 Å². The average Bonchev–Trinajstić information content (AvgIpc) is 3.06. The number of hydrogen-bond donors (Lipinski definition) is 2. The molecule has 2 N–H and O–H groups in total. The van der Waals surface area contributed by atoms with Gasteiger partial charge in [0.05, 0.1) is 24.9 Å². The number of carbonyl (C=O) groups excluding carboxylic acids is 2. The number of amides is 2. The third-order valence-corrected chi connectivity index (χ3v) is 4.06. The minimum absolute atomic E-state index is 0.0139. The first-order valence-electron chi connectivity index (χ1n) is 7.08. The average molecular weight is 389 g/mol. The van der Waals surface area contributed by atoms with Crippen molar-refractivity contribution < 1.29 is 32.2 Å². The van der Waals surface area contributed by atoms with E-state index in [-0.39, 0.29) is 15.8 Å². The van der Waals surface area contributed by atoms with Gasteiger partial charge in [-0.05, 0) is 18.2 Å². The molecule has 2 rings (SSSR count). The van der Waals surface area contributed by atoms with Crippen LogP contribution in [-0.4, -0.2) is 37.4 Å². The van der Waals surface area contributed by atoms with Crippen LogP contribution in [-0.2, 0) is 4.74 Å². The summed E-state index contributed by atoms with van der Waals surface area (Å²) in [6.45, 7) is 0. The number of ether oxygens (including phenoxy) is 2. The maximum absolute atomic E-state index is 13.3. The number of aromatic nitrogens is 1. The maximum Gasteiger partial charge on any atom is 0.414 e. The van der Waals surface area contributed by atoms with E-state index in [0.717, 1.165) is 17.4 Å². The highest BCUT2D eigenvalue weighted by atomic mass is 32.1. The van der Waals surface area contributed by atoms with Gasteiger partial charge in [-0.3, -0.25) is 5.32 Å². The SMILES string of the molecule is COC(=O)c1ccc(NC(=O)NC(c2cccc(OC)n2)C(F)(F)F)s1. The molecule has 0 bridgehead atoms.